The molecule has 0 saturated carbocycles. The highest BCUT2D eigenvalue weighted by atomic mass is 35.5. The number of esters is 1. The zero-order valence-electron chi connectivity index (χ0n) is 23.0. The number of likely N-dealkylation sites (N-methyl/N-ethyl adjacent to an activating group) is 2. The van der Waals surface area contributed by atoms with Gasteiger partial charge in [-0.05, 0) is 81.0 Å². The number of hydrogen-bond donors (Lipinski definition) is 1. The molecule has 2 aromatic rings. The van der Waals surface area contributed by atoms with Gasteiger partial charge in [-0.15, -0.1) is 24.8 Å². The second-order valence-corrected chi connectivity index (χ2v) is 10.4. The summed E-state index contributed by atoms with van der Waals surface area (Å²) in [5.41, 5.74) is 2.99. The molecule has 0 aromatic heterocycles. The molecule has 9 nitrogen and oxygen atoms in total. The van der Waals surface area contributed by atoms with Crippen LogP contribution in [-0.4, -0.2) is 89.3 Å². The zero-order valence-corrected chi connectivity index (χ0v) is 24.6. The number of benzene rings is 2. The fraction of sp³-hybridized carbons (Fsp3) is 0.536. The number of carbonyl (C=O) groups is 1. The molecule has 216 valence electrons. The Hall–Kier alpha value is -2.59. The molecule has 11 heteroatoms. The summed E-state index contributed by atoms with van der Waals surface area (Å²) in [5.74, 6) is 1.18. The summed E-state index contributed by atoms with van der Waals surface area (Å²) in [6.07, 6.45) is 0.892. The van der Waals surface area contributed by atoms with E-state index >= 15 is 0 Å². The van der Waals surface area contributed by atoms with Crippen LogP contribution in [0.25, 0.3) is 0 Å². The molecule has 4 atom stereocenters. The zero-order chi connectivity index (χ0) is 26.3. The molecule has 39 heavy (non-hydrogen) atoms. The molecular formula is C28H38Cl2N2O7. The number of aromatic hydroxyl groups is 1. The van der Waals surface area contributed by atoms with Crippen molar-refractivity contribution in [2.75, 3.05) is 68.4 Å². The van der Waals surface area contributed by atoms with Crippen molar-refractivity contribution in [1.82, 2.24) is 9.80 Å². The first-order valence-electron chi connectivity index (χ1n) is 12.7. The number of phenols is 1. The van der Waals surface area contributed by atoms with Gasteiger partial charge in [0.2, 0.25) is 12.5 Å². The Morgan fingerprint density at radius 1 is 0.897 bits per heavy atom. The highest BCUT2D eigenvalue weighted by molar-refractivity contribution is 5.85. The molecule has 2 heterocycles. The van der Waals surface area contributed by atoms with Gasteiger partial charge in [0.05, 0.1) is 26.7 Å². The largest absolute Gasteiger partial charge is 0.502 e. The lowest BCUT2D eigenvalue weighted by Gasteiger charge is -2.40. The van der Waals surface area contributed by atoms with Crippen LogP contribution in [0, 0.1) is 11.8 Å². The van der Waals surface area contributed by atoms with Crippen LogP contribution in [0.15, 0.2) is 24.3 Å². The molecule has 0 bridgehead atoms. The van der Waals surface area contributed by atoms with Crippen LogP contribution in [0.5, 0.6) is 28.7 Å². The van der Waals surface area contributed by atoms with Crippen molar-refractivity contribution >= 4 is 30.8 Å². The van der Waals surface area contributed by atoms with Gasteiger partial charge in [-0.3, -0.25) is 4.79 Å². The molecule has 0 radical (unpaired) electrons. The fourth-order valence-electron chi connectivity index (χ4n) is 5.98. The van der Waals surface area contributed by atoms with Gasteiger partial charge in [0.25, 0.3) is 0 Å². The van der Waals surface area contributed by atoms with Crippen LogP contribution in [0.4, 0.5) is 0 Å². The summed E-state index contributed by atoms with van der Waals surface area (Å²) in [5, 5.41) is 10.5. The minimum absolute atomic E-state index is 0. The van der Waals surface area contributed by atoms with Gasteiger partial charge in [-0.2, -0.15) is 0 Å². The Morgan fingerprint density at radius 3 is 2.10 bits per heavy atom. The first kappa shape index (κ1) is 30.9. The maximum Gasteiger partial charge on any atom is 0.310 e. The number of cyclic esters (lactones) is 1. The molecular weight excluding hydrogens is 547 g/mol. The molecule has 0 amide bonds. The molecule has 3 aliphatic rings. The number of halogens is 2. The number of hydrogen-bond acceptors (Lipinski definition) is 9. The number of phenolic OH excluding ortho intramolecular Hbond substituents is 1. The van der Waals surface area contributed by atoms with Crippen molar-refractivity contribution in [1.29, 1.82) is 0 Å². The van der Waals surface area contributed by atoms with Gasteiger partial charge >= 0.3 is 5.97 Å². The minimum Gasteiger partial charge on any atom is -0.502 e. The highest BCUT2D eigenvalue weighted by Crippen LogP contribution is 2.56. The van der Waals surface area contributed by atoms with E-state index in [2.05, 4.69) is 37.0 Å². The average Bonchev–Trinajstić information content (AvgIpc) is 3.50. The van der Waals surface area contributed by atoms with Gasteiger partial charge in [-0.25, -0.2) is 0 Å². The van der Waals surface area contributed by atoms with E-state index in [0.717, 1.165) is 48.5 Å². The Balaban J connectivity index is 0.00000210. The van der Waals surface area contributed by atoms with Crippen molar-refractivity contribution in [3.05, 3.63) is 41.0 Å². The molecule has 0 unspecified atom stereocenters. The van der Waals surface area contributed by atoms with E-state index in [9.17, 15) is 9.90 Å². The average molecular weight is 586 g/mol. The molecule has 5 rings (SSSR count). The number of methoxy groups -OCH3 is 2. The summed E-state index contributed by atoms with van der Waals surface area (Å²) in [6.45, 7) is 3.40. The number of carbonyl (C=O) groups excluding carboxylic acids is 1. The maximum atomic E-state index is 13.3. The van der Waals surface area contributed by atoms with Crippen LogP contribution < -0.4 is 18.9 Å². The summed E-state index contributed by atoms with van der Waals surface area (Å²) >= 11 is 0. The van der Waals surface area contributed by atoms with Gasteiger partial charge in [0, 0.05) is 24.9 Å². The maximum absolute atomic E-state index is 13.3. The molecule has 1 fully saturated rings. The molecule has 1 saturated heterocycles. The van der Waals surface area contributed by atoms with Gasteiger partial charge in [0.15, 0.2) is 23.0 Å². The lowest BCUT2D eigenvalue weighted by atomic mass is 9.62. The first-order valence-corrected chi connectivity index (χ1v) is 12.7. The quantitative estimate of drug-likeness (QED) is 0.441. The Kier molecular flexibility index (Phi) is 10.1. The van der Waals surface area contributed by atoms with E-state index in [-0.39, 0.29) is 67.0 Å². The number of fused-ring (bicyclic) bond motifs is 3. The van der Waals surface area contributed by atoms with Crippen molar-refractivity contribution in [3.8, 4) is 28.7 Å². The van der Waals surface area contributed by atoms with Crippen LogP contribution >= 0.6 is 24.8 Å². The van der Waals surface area contributed by atoms with Gasteiger partial charge in [0.1, 0.15) is 0 Å². The fourth-order valence-corrected chi connectivity index (χ4v) is 5.98. The topological polar surface area (TPSA) is 89.9 Å². The summed E-state index contributed by atoms with van der Waals surface area (Å²) in [4.78, 5) is 17.8. The summed E-state index contributed by atoms with van der Waals surface area (Å²) in [7, 11) is 9.29. The second-order valence-electron chi connectivity index (χ2n) is 10.4. The van der Waals surface area contributed by atoms with Crippen LogP contribution in [0.1, 0.15) is 34.9 Å². The third kappa shape index (κ3) is 5.82. The second kappa shape index (κ2) is 12.7. The third-order valence-corrected chi connectivity index (χ3v) is 7.95. The summed E-state index contributed by atoms with van der Waals surface area (Å²) in [6, 6.07) is 7.67. The molecule has 1 N–H and O–H groups in total. The van der Waals surface area contributed by atoms with Crippen molar-refractivity contribution in [3.63, 3.8) is 0 Å². The Labute approximate surface area is 242 Å². The van der Waals surface area contributed by atoms with E-state index < -0.39 is 0 Å². The van der Waals surface area contributed by atoms with Gasteiger partial charge < -0.3 is 38.6 Å². The monoisotopic (exact) mass is 584 g/mol. The van der Waals surface area contributed by atoms with Crippen molar-refractivity contribution in [2.24, 2.45) is 11.8 Å². The predicted molar refractivity (Wildman–Crippen MR) is 151 cm³/mol. The number of ether oxygens (including phenoxy) is 5. The van der Waals surface area contributed by atoms with E-state index in [4.69, 9.17) is 23.7 Å². The number of rotatable bonds is 9. The van der Waals surface area contributed by atoms with Crippen molar-refractivity contribution in [2.45, 2.75) is 18.3 Å². The van der Waals surface area contributed by atoms with E-state index in [0.29, 0.717) is 23.9 Å². The molecule has 1 aliphatic carbocycles. The smallest absolute Gasteiger partial charge is 0.310 e. The van der Waals surface area contributed by atoms with Gasteiger partial charge in [-0.1, -0.05) is 0 Å². The van der Waals surface area contributed by atoms with Crippen LogP contribution in [0.2, 0.25) is 0 Å². The van der Waals surface area contributed by atoms with Crippen molar-refractivity contribution < 1.29 is 33.6 Å². The molecule has 0 spiro atoms. The molecule has 2 aliphatic heterocycles. The number of nitrogens with zero attached hydrogens (tertiary/aromatic N) is 2. The predicted octanol–water partition coefficient (Wildman–Crippen LogP) is 3.88. The lowest BCUT2D eigenvalue weighted by molar-refractivity contribution is -0.141. The lowest BCUT2D eigenvalue weighted by Crippen LogP contribution is -2.37. The molecule has 2 aromatic carbocycles. The normalized spacial score (nSPS) is 22.5. The van der Waals surface area contributed by atoms with Crippen LogP contribution in [0.3, 0.4) is 0 Å². The standard InChI is InChI=1S/C28H36N2O7.2ClH/c1-29(2)8-9-30(3)7-6-17-18-12-21-22(37-15-36-21)13-19(18)25(26-20(17)14-35-28(26)32)16-10-23(33-4)27(31)24(11-16)34-5;;/h10-13,17,20,25-26,31H,6-9,14-15H2,1-5H3;2*1H/t17-,20-,25-,26+;;/m1../s1. The minimum atomic E-state index is -0.371. The van der Waals surface area contributed by atoms with E-state index in [1.165, 1.54) is 14.2 Å². The van der Waals surface area contributed by atoms with Crippen LogP contribution in [-0.2, 0) is 9.53 Å². The third-order valence-electron chi connectivity index (χ3n) is 7.95. The summed E-state index contributed by atoms with van der Waals surface area (Å²) < 4.78 is 28.1. The van der Waals surface area contributed by atoms with E-state index in [1.54, 1.807) is 12.1 Å². The first-order chi connectivity index (χ1) is 17.8. The van der Waals surface area contributed by atoms with E-state index in [1.807, 2.05) is 6.07 Å². The highest BCUT2D eigenvalue weighted by Gasteiger charge is 2.52. The Bertz CT molecular complexity index is 1150. The SMILES string of the molecule is COc1cc([C@@H]2c3cc4c(cc3[C@@H](CCN(C)CCN(C)C)[C@H]3COC(=O)[C@H]23)OCO4)cc(OC)c1O.Cl.Cl. The Morgan fingerprint density at radius 2 is 1.51 bits per heavy atom.